The molecule has 0 bridgehead atoms. The maximum atomic E-state index is 12.5. The van der Waals surface area contributed by atoms with E-state index in [1.165, 1.54) is 4.31 Å². The van der Waals surface area contributed by atoms with E-state index in [-0.39, 0.29) is 0 Å². The van der Waals surface area contributed by atoms with E-state index in [1.54, 1.807) is 12.1 Å². The van der Waals surface area contributed by atoms with Crippen molar-refractivity contribution in [2.75, 3.05) is 12.8 Å². The van der Waals surface area contributed by atoms with Crippen LogP contribution in [0.15, 0.2) is 40.9 Å². The van der Waals surface area contributed by atoms with Gasteiger partial charge in [0.25, 0.3) is 0 Å². The van der Waals surface area contributed by atoms with Crippen molar-refractivity contribution in [3.63, 3.8) is 0 Å². The van der Waals surface area contributed by atoms with Crippen LogP contribution < -0.4 is 4.74 Å². The van der Waals surface area contributed by atoms with Gasteiger partial charge in [-0.1, -0.05) is 28.1 Å². The zero-order valence-corrected chi connectivity index (χ0v) is 15.6. The number of benzene rings is 2. The van der Waals surface area contributed by atoms with Gasteiger partial charge >= 0.3 is 5.97 Å². The molecule has 0 spiro atoms. The second-order valence-corrected chi connectivity index (χ2v) is 8.81. The first kappa shape index (κ1) is 17.4. The summed E-state index contributed by atoms with van der Waals surface area (Å²) in [4.78, 5) is 12.5. The van der Waals surface area contributed by atoms with Crippen LogP contribution in [0.25, 0.3) is 10.8 Å². The Hall–Kier alpha value is -1.44. The standard InChI is InChI=1S/C17H18BrNO4S/c1-24(21,22)19-9-3-2-4-16(19)17(20)23-15-8-6-12-10-14(18)7-5-13(12)11-15/h5-8,10-11,16H,2-4,9H2,1H3/t16-/m0/s1. The molecule has 1 aliphatic heterocycles. The summed E-state index contributed by atoms with van der Waals surface area (Å²) < 4.78 is 31.4. The maximum Gasteiger partial charge on any atom is 0.329 e. The van der Waals surface area contributed by atoms with E-state index >= 15 is 0 Å². The van der Waals surface area contributed by atoms with Gasteiger partial charge < -0.3 is 4.74 Å². The lowest BCUT2D eigenvalue weighted by molar-refractivity contribution is -0.139. The molecule has 7 heteroatoms. The molecule has 5 nitrogen and oxygen atoms in total. The first-order chi connectivity index (χ1) is 11.3. The highest BCUT2D eigenvalue weighted by Crippen LogP contribution is 2.26. The predicted molar refractivity (Wildman–Crippen MR) is 96.5 cm³/mol. The first-order valence-electron chi connectivity index (χ1n) is 7.72. The minimum absolute atomic E-state index is 0.365. The van der Waals surface area contributed by atoms with Gasteiger partial charge in [-0.05, 0) is 54.3 Å². The van der Waals surface area contributed by atoms with Crippen LogP contribution >= 0.6 is 15.9 Å². The molecule has 0 N–H and O–H groups in total. The average Bonchev–Trinajstić information content (AvgIpc) is 2.54. The van der Waals surface area contributed by atoms with Crippen LogP contribution in [0.4, 0.5) is 0 Å². The molecular formula is C17H18BrNO4S. The van der Waals surface area contributed by atoms with Gasteiger partial charge in [0.1, 0.15) is 11.8 Å². The smallest absolute Gasteiger partial charge is 0.329 e. The lowest BCUT2D eigenvalue weighted by Crippen LogP contribution is -2.48. The van der Waals surface area contributed by atoms with E-state index < -0.39 is 22.0 Å². The zero-order valence-electron chi connectivity index (χ0n) is 13.2. The average molecular weight is 412 g/mol. The third-order valence-electron chi connectivity index (χ3n) is 4.14. The van der Waals surface area contributed by atoms with Crippen LogP contribution in [-0.4, -0.2) is 37.5 Å². The molecule has 1 atom stereocenters. The summed E-state index contributed by atoms with van der Waals surface area (Å²) in [6.45, 7) is 0.365. The summed E-state index contributed by atoms with van der Waals surface area (Å²) in [5.41, 5.74) is 0. The summed E-state index contributed by atoms with van der Waals surface area (Å²) in [7, 11) is -3.42. The molecule has 2 aromatic rings. The van der Waals surface area contributed by atoms with E-state index in [4.69, 9.17) is 4.74 Å². The second-order valence-electron chi connectivity index (χ2n) is 5.96. The molecular weight excluding hydrogens is 394 g/mol. The van der Waals surface area contributed by atoms with Gasteiger partial charge in [-0.25, -0.2) is 13.2 Å². The van der Waals surface area contributed by atoms with Gasteiger partial charge in [-0.3, -0.25) is 0 Å². The SMILES string of the molecule is CS(=O)(=O)N1CCCC[C@H]1C(=O)Oc1ccc2cc(Br)ccc2c1. The van der Waals surface area contributed by atoms with E-state index in [0.717, 1.165) is 34.3 Å². The Morgan fingerprint density at radius 1 is 1.17 bits per heavy atom. The molecule has 3 rings (SSSR count). The van der Waals surface area contributed by atoms with Crippen LogP contribution in [0, 0.1) is 0 Å². The molecule has 1 aliphatic rings. The molecule has 0 aromatic heterocycles. The molecule has 0 aliphatic carbocycles. The number of hydrogen-bond acceptors (Lipinski definition) is 4. The van der Waals surface area contributed by atoms with Gasteiger partial charge in [-0.2, -0.15) is 4.31 Å². The number of carbonyl (C=O) groups is 1. The van der Waals surface area contributed by atoms with Gasteiger partial charge in [0, 0.05) is 11.0 Å². The number of carbonyl (C=O) groups excluding carboxylic acids is 1. The van der Waals surface area contributed by atoms with Crippen LogP contribution in [0.1, 0.15) is 19.3 Å². The number of piperidine rings is 1. The minimum atomic E-state index is -3.42. The third kappa shape index (κ3) is 3.79. The monoisotopic (exact) mass is 411 g/mol. The minimum Gasteiger partial charge on any atom is -0.425 e. The number of fused-ring (bicyclic) bond motifs is 1. The van der Waals surface area contributed by atoms with Crippen molar-refractivity contribution in [2.45, 2.75) is 25.3 Å². The molecule has 0 amide bonds. The Morgan fingerprint density at radius 2 is 1.88 bits per heavy atom. The number of halogens is 1. The topological polar surface area (TPSA) is 63.7 Å². The van der Waals surface area contributed by atoms with Crippen LogP contribution in [0.3, 0.4) is 0 Å². The molecule has 128 valence electrons. The number of hydrogen-bond donors (Lipinski definition) is 0. The van der Waals surface area contributed by atoms with Gasteiger partial charge in [0.15, 0.2) is 0 Å². The largest absolute Gasteiger partial charge is 0.425 e. The van der Waals surface area contributed by atoms with Crippen LogP contribution in [0.5, 0.6) is 5.75 Å². The highest BCUT2D eigenvalue weighted by molar-refractivity contribution is 9.10. The fourth-order valence-corrected chi connectivity index (χ4v) is 4.47. The summed E-state index contributed by atoms with van der Waals surface area (Å²) in [5, 5.41) is 1.98. The van der Waals surface area contributed by atoms with Crippen molar-refractivity contribution >= 4 is 42.7 Å². The summed E-state index contributed by atoms with van der Waals surface area (Å²) in [5.74, 6) is -0.0922. The van der Waals surface area contributed by atoms with E-state index in [0.29, 0.717) is 18.7 Å². The van der Waals surface area contributed by atoms with Crippen molar-refractivity contribution in [2.24, 2.45) is 0 Å². The molecule has 24 heavy (non-hydrogen) atoms. The highest BCUT2D eigenvalue weighted by Gasteiger charge is 2.35. The van der Waals surface area contributed by atoms with Gasteiger partial charge in [0.2, 0.25) is 10.0 Å². The normalized spacial score (nSPS) is 19.3. The Morgan fingerprint density at radius 3 is 2.62 bits per heavy atom. The molecule has 1 saturated heterocycles. The fraction of sp³-hybridized carbons (Fsp3) is 0.353. The van der Waals surface area contributed by atoms with E-state index in [1.807, 2.05) is 24.3 Å². The maximum absolute atomic E-state index is 12.5. The number of esters is 1. The zero-order chi connectivity index (χ0) is 17.3. The fourth-order valence-electron chi connectivity index (χ4n) is 2.98. The first-order valence-corrected chi connectivity index (χ1v) is 10.4. The van der Waals surface area contributed by atoms with Crippen molar-refractivity contribution in [1.82, 2.24) is 4.31 Å². The second kappa shape index (κ2) is 6.82. The van der Waals surface area contributed by atoms with Gasteiger partial charge in [0.05, 0.1) is 6.26 Å². The Balaban J connectivity index is 1.82. The predicted octanol–water partition coefficient (Wildman–Crippen LogP) is 3.32. The number of sulfonamides is 1. The van der Waals surface area contributed by atoms with Crippen molar-refractivity contribution in [3.8, 4) is 5.75 Å². The Bertz CT molecular complexity index is 881. The number of ether oxygens (including phenoxy) is 1. The van der Waals surface area contributed by atoms with Gasteiger partial charge in [-0.15, -0.1) is 0 Å². The Labute approximate surface area is 149 Å². The lowest BCUT2D eigenvalue weighted by Gasteiger charge is -2.31. The van der Waals surface area contributed by atoms with E-state index in [9.17, 15) is 13.2 Å². The summed E-state index contributed by atoms with van der Waals surface area (Å²) in [6, 6.07) is 10.5. The van der Waals surface area contributed by atoms with Crippen molar-refractivity contribution < 1.29 is 17.9 Å². The lowest BCUT2D eigenvalue weighted by atomic mass is 10.1. The number of nitrogens with zero attached hydrogens (tertiary/aromatic N) is 1. The Kier molecular flexibility index (Phi) is 4.94. The van der Waals surface area contributed by atoms with E-state index in [2.05, 4.69) is 15.9 Å². The molecule has 1 heterocycles. The third-order valence-corrected chi connectivity index (χ3v) is 5.93. The summed E-state index contributed by atoms with van der Waals surface area (Å²) >= 11 is 3.42. The molecule has 0 radical (unpaired) electrons. The highest BCUT2D eigenvalue weighted by atomic mass is 79.9. The van der Waals surface area contributed by atoms with Crippen LogP contribution in [0.2, 0.25) is 0 Å². The molecule has 1 fully saturated rings. The molecule has 2 aromatic carbocycles. The molecule has 0 unspecified atom stereocenters. The van der Waals surface area contributed by atoms with Crippen molar-refractivity contribution in [3.05, 3.63) is 40.9 Å². The van der Waals surface area contributed by atoms with Crippen LogP contribution in [-0.2, 0) is 14.8 Å². The van der Waals surface area contributed by atoms with Crippen molar-refractivity contribution in [1.29, 1.82) is 0 Å². The summed E-state index contributed by atoms with van der Waals surface area (Å²) in [6.07, 6.45) is 3.21. The molecule has 0 saturated carbocycles. The number of rotatable bonds is 3. The quantitative estimate of drug-likeness (QED) is 0.573.